The Hall–Kier alpha value is -3.16. The number of aromatic nitrogens is 5. The monoisotopic (exact) mass is 365 g/mol. The summed E-state index contributed by atoms with van der Waals surface area (Å²) in [5.41, 5.74) is 2.43. The molecule has 4 heterocycles. The Balaban J connectivity index is 1.57. The van der Waals surface area contributed by atoms with Gasteiger partial charge in [0.05, 0.1) is 12.7 Å². The summed E-state index contributed by atoms with van der Waals surface area (Å²) >= 11 is 0. The highest BCUT2D eigenvalue weighted by Gasteiger charge is 2.15. The fourth-order valence-corrected chi connectivity index (χ4v) is 3.42. The number of pyridine rings is 1. The number of anilines is 2. The largest absolute Gasteiger partial charge is 0.357 e. The van der Waals surface area contributed by atoms with Crippen molar-refractivity contribution in [2.75, 3.05) is 23.3 Å². The molecule has 0 atom stereocenters. The van der Waals surface area contributed by atoms with Gasteiger partial charge in [-0.05, 0) is 37.5 Å². The third-order valence-electron chi connectivity index (χ3n) is 4.70. The number of rotatable bonds is 6. The van der Waals surface area contributed by atoms with E-state index >= 15 is 0 Å². The summed E-state index contributed by atoms with van der Waals surface area (Å²) in [5.74, 6) is 1.45. The lowest BCUT2D eigenvalue weighted by Gasteiger charge is -2.18. The first kappa shape index (κ1) is 17.3. The van der Waals surface area contributed by atoms with Crippen LogP contribution in [0, 0.1) is 6.92 Å². The van der Waals surface area contributed by atoms with Gasteiger partial charge in [-0.2, -0.15) is 10.1 Å². The predicted octanol–water partition coefficient (Wildman–Crippen LogP) is 2.22. The van der Waals surface area contributed by atoms with Gasteiger partial charge in [-0.3, -0.25) is 9.78 Å². The van der Waals surface area contributed by atoms with Crippen molar-refractivity contribution in [1.29, 1.82) is 0 Å². The van der Waals surface area contributed by atoms with E-state index in [0.717, 1.165) is 30.2 Å². The van der Waals surface area contributed by atoms with Gasteiger partial charge in [-0.15, -0.1) is 6.58 Å². The van der Waals surface area contributed by atoms with Crippen LogP contribution in [0.4, 0.5) is 11.8 Å². The molecule has 27 heavy (non-hydrogen) atoms. The Labute approximate surface area is 156 Å². The normalized spacial score (nSPS) is 14.0. The first-order valence-electron chi connectivity index (χ1n) is 9.17. The van der Waals surface area contributed by atoms with Gasteiger partial charge in [0.1, 0.15) is 11.2 Å². The molecule has 8 heteroatoms. The smallest absolute Gasteiger partial charge is 0.263 e. The van der Waals surface area contributed by atoms with Crippen molar-refractivity contribution in [2.45, 2.75) is 32.9 Å². The molecular formula is C19H23N7O. The third-order valence-corrected chi connectivity index (χ3v) is 4.70. The molecule has 0 aromatic carbocycles. The van der Waals surface area contributed by atoms with E-state index in [1.54, 1.807) is 10.8 Å². The quantitative estimate of drug-likeness (QED) is 0.651. The van der Waals surface area contributed by atoms with Crippen LogP contribution in [-0.2, 0) is 13.1 Å². The zero-order valence-electron chi connectivity index (χ0n) is 15.4. The summed E-state index contributed by atoms with van der Waals surface area (Å²) in [4.78, 5) is 26.5. The number of hydrogen-bond donors (Lipinski definition) is 2. The van der Waals surface area contributed by atoms with E-state index in [-0.39, 0.29) is 5.56 Å². The molecule has 0 radical (unpaired) electrons. The van der Waals surface area contributed by atoms with E-state index in [1.165, 1.54) is 19.0 Å². The van der Waals surface area contributed by atoms with E-state index in [0.29, 0.717) is 30.1 Å². The third kappa shape index (κ3) is 3.55. The van der Waals surface area contributed by atoms with Crippen molar-refractivity contribution in [3.05, 3.63) is 52.6 Å². The van der Waals surface area contributed by atoms with Gasteiger partial charge in [0, 0.05) is 25.3 Å². The van der Waals surface area contributed by atoms with E-state index in [4.69, 9.17) is 0 Å². The molecule has 1 aliphatic rings. The molecule has 0 bridgehead atoms. The lowest BCUT2D eigenvalue weighted by atomic mass is 10.2. The molecule has 0 unspecified atom stereocenters. The number of nitrogens with zero attached hydrogens (tertiary/aromatic N) is 5. The zero-order chi connectivity index (χ0) is 18.8. The molecule has 140 valence electrons. The molecule has 0 spiro atoms. The van der Waals surface area contributed by atoms with Crippen molar-refractivity contribution >= 4 is 22.8 Å². The van der Waals surface area contributed by atoms with Gasteiger partial charge in [0.25, 0.3) is 5.56 Å². The number of allylic oxidation sites excluding steroid dienone is 1. The standard InChI is InChI=1S/C19H23N7O/c1-3-6-26-17-15(12-21-26)18(27)24-19(23-17)20-11-14-9-13(2)22-16(10-14)25-7-4-5-8-25/h3,9-10,12H,1,4-8,11H2,2H3,(H2,20,23,24,27). The lowest BCUT2D eigenvalue weighted by molar-refractivity contribution is 0.720. The number of aryl methyl sites for hydroxylation is 1. The summed E-state index contributed by atoms with van der Waals surface area (Å²) < 4.78 is 1.66. The molecule has 4 rings (SSSR count). The average molecular weight is 365 g/mol. The Bertz CT molecular complexity index is 1030. The topological polar surface area (TPSA) is 91.7 Å². The van der Waals surface area contributed by atoms with Crippen molar-refractivity contribution in [2.24, 2.45) is 0 Å². The molecule has 3 aromatic heterocycles. The minimum atomic E-state index is -0.207. The first-order valence-corrected chi connectivity index (χ1v) is 9.17. The van der Waals surface area contributed by atoms with Crippen LogP contribution in [0.1, 0.15) is 24.1 Å². The summed E-state index contributed by atoms with van der Waals surface area (Å²) in [7, 11) is 0. The maximum atomic E-state index is 12.3. The Morgan fingerprint density at radius 1 is 1.30 bits per heavy atom. The minimum absolute atomic E-state index is 0.207. The fraction of sp³-hybridized carbons (Fsp3) is 0.368. The summed E-state index contributed by atoms with van der Waals surface area (Å²) in [6.07, 6.45) is 5.69. The van der Waals surface area contributed by atoms with Gasteiger partial charge in [-0.1, -0.05) is 6.08 Å². The SMILES string of the molecule is C=CCn1ncc2c(=O)[nH]c(NCc3cc(C)nc(N4CCCC4)c3)nc21. The Morgan fingerprint density at radius 3 is 2.89 bits per heavy atom. The maximum absolute atomic E-state index is 12.3. The maximum Gasteiger partial charge on any atom is 0.263 e. The summed E-state index contributed by atoms with van der Waals surface area (Å²) in [5, 5.41) is 7.88. The predicted molar refractivity (Wildman–Crippen MR) is 106 cm³/mol. The van der Waals surface area contributed by atoms with Crippen LogP contribution in [0.25, 0.3) is 11.0 Å². The van der Waals surface area contributed by atoms with Crippen molar-refractivity contribution in [3.63, 3.8) is 0 Å². The van der Waals surface area contributed by atoms with Gasteiger partial charge in [0.2, 0.25) is 5.95 Å². The number of hydrogen-bond acceptors (Lipinski definition) is 6. The van der Waals surface area contributed by atoms with Crippen molar-refractivity contribution in [3.8, 4) is 0 Å². The van der Waals surface area contributed by atoms with E-state index in [1.807, 2.05) is 13.0 Å². The van der Waals surface area contributed by atoms with Gasteiger partial charge >= 0.3 is 0 Å². The van der Waals surface area contributed by atoms with Crippen LogP contribution >= 0.6 is 0 Å². The molecule has 0 aliphatic carbocycles. The molecule has 2 N–H and O–H groups in total. The second-order valence-electron chi connectivity index (χ2n) is 6.79. The van der Waals surface area contributed by atoms with Crippen LogP contribution in [0.15, 0.2) is 35.8 Å². The average Bonchev–Trinajstić information content (AvgIpc) is 3.31. The highest BCUT2D eigenvalue weighted by molar-refractivity contribution is 5.74. The van der Waals surface area contributed by atoms with Crippen molar-refractivity contribution in [1.82, 2.24) is 24.7 Å². The fourth-order valence-electron chi connectivity index (χ4n) is 3.42. The molecular weight excluding hydrogens is 342 g/mol. The molecule has 8 nitrogen and oxygen atoms in total. The Morgan fingerprint density at radius 2 is 2.11 bits per heavy atom. The second-order valence-corrected chi connectivity index (χ2v) is 6.79. The lowest BCUT2D eigenvalue weighted by Crippen LogP contribution is -2.20. The highest BCUT2D eigenvalue weighted by atomic mass is 16.1. The molecule has 3 aromatic rings. The Kier molecular flexibility index (Phi) is 4.62. The second kappa shape index (κ2) is 7.22. The van der Waals surface area contributed by atoms with E-state index < -0.39 is 0 Å². The summed E-state index contributed by atoms with van der Waals surface area (Å²) in [6, 6.07) is 4.15. The van der Waals surface area contributed by atoms with Crippen LogP contribution < -0.4 is 15.8 Å². The van der Waals surface area contributed by atoms with E-state index in [2.05, 4.69) is 42.9 Å². The van der Waals surface area contributed by atoms with Crippen LogP contribution in [0.3, 0.4) is 0 Å². The number of aromatic amines is 1. The van der Waals surface area contributed by atoms with Crippen LogP contribution in [0.5, 0.6) is 0 Å². The number of H-pyrrole nitrogens is 1. The van der Waals surface area contributed by atoms with E-state index in [9.17, 15) is 4.79 Å². The van der Waals surface area contributed by atoms with Crippen LogP contribution in [0.2, 0.25) is 0 Å². The number of fused-ring (bicyclic) bond motifs is 1. The van der Waals surface area contributed by atoms with Gasteiger partial charge in [0.15, 0.2) is 5.65 Å². The molecule has 0 saturated carbocycles. The highest BCUT2D eigenvalue weighted by Crippen LogP contribution is 2.20. The van der Waals surface area contributed by atoms with Crippen LogP contribution in [-0.4, -0.2) is 37.8 Å². The zero-order valence-corrected chi connectivity index (χ0v) is 15.4. The molecule has 0 amide bonds. The number of nitrogens with one attached hydrogen (secondary N) is 2. The molecule has 1 saturated heterocycles. The molecule has 1 fully saturated rings. The van der Waals surface area contributed by atoms with Gasteiger partial charge < -0.3 is 10.2 Å². The first-order chi connectivity index (χ1) is 13.1. The minimum Gasteiger partial charge on any atom is -0.357 e. The summed E-state index contributed by atoms with van der Waals surface area (Å²) in [6.45, 7) is 8.88. The van der Waals surface area contributed by atoms with Gasteiger partial charge in [-0.25, -0.2) is 9.67 Å². The molecule has 1 aliphatic heterocycles. The van der Waals surface area contributed by atoms with Crippen molar-refractivity contribution < 1.29 is 0 Å².